The highest BCUT2D eigenvalue weighted by molar-refractivity contribution is 5.94. The highest BCUT2D eigenvalue weighted by Gasteiger charge is 2.27. The Morgan fingerprint density at radius 2 is 1.92 bits per heavy atom. The monoisotopic (exact) mass is 486 g/mol. The lowest BCUT2D eigenvalue weighted by Crippen LogP contribution is -2.42. The predicted octanol–water partition coefficient (Wildman–Crippen LogP) is 2.61. The Hall–Kier alpha value is -4.54. The van der Waals surface area contributed by atoms with Crippen molar-refractivity contribution in [2.24, 2.45) is 11.7 Å². The van der Waals surface area contributed by atoms with Crippen molar-refractivity contribution in [2.75, 3.05) is 32.1 Å². The Bertz CT molecular complexity index is 1420. The van der Waals surface area contributed by atoms with Crippen LogP contribution in [0, 0.1) is 5.92 Å². The zero-order valence-electron chi connectivity index (χ0n) is 20.0. The molecule has 3 heterocycles. The van der Waals surface area contributed by atoms with E-state index in [2.05, 4.69) is 20.2 Å². The van der Waals surface area contributed by atoms with Crippen molar-refractivity contribution in [3.05, 3.63) is 54.2 Å². The second-order valence-corrected chi connectivity index (χ2v) is 8.89. The third kappa shape index (κ3) is 4.67. The number of nitrogens with two attached hydrogens (primary N) is 1. The van der Waals surface area contributed by atoms with Crippen LogP contribution in [-0.4, -0.2) is 69.0 Å². The van der Waals surface area contributed by atoms with Gasteiger partial charge in [-0.15, -0.1) is 0 Å². The van der Waals surface area contributed by atoms with Gasteiger partial charge in [0.25, 0.3) is 5.91 Å². The predicted molar refractivity (Wildman–Crippen MR) is 134 cm³/mol. The van der Waals surface area contributed by atoms with Gasteiger partial charge in [0.1, 0.15) is 5.75 Å². The van der Waals surface area contributed by atoms with E-state index in [1.807, 2.05) is 23.1 Å². The summed E-state index contributed by atoms with van der Waals surface area (Å²) in [7, 11) is 3.40. The highest BCUT2D eigenvalue weighted by atomic mass is 16.5. The summed E-state index contributed by atoms with van der Waals surface area (Å²) < 4.78 is 6.01. The number of hydrogen-bond acceptors (Lipinski definition) is 8. The molecule has 1 aliphatic rings. The number of amides is 2. The maximum absolute atomic E-state index is 12.2. The molecular formula is C25H26N8O3. The largest absolute Gasteiger partial charge is 0.424 e. The molecule has 0 aliphatic carbocycles. The molecule has 1 fully saturated rings. The van der Waals surface area contributed by atoms with Crippen LogP contribution in [-0.2, 0) is 4.79 Å². The van der Waals surface area contributed by atoms with Crippen LogP contribution >= 0.6 is 0 Å². The van der Waals surface area contributed by atoms with E-state index in [1.54, 1.807) is 44.6 Å². The van der Waals surface area contributed by atoms with Gasteiger partial charge in [-0.3, -0.25) is 14.7 Å². The van der Waals surface area contributed by atoms with Crippen molar-refractivity contribution < 1.29 is 14.3 Å². The topological polar surface area (TPSA) is 143 Å². The lowest BCUT2D eigenvalue weighted by atomic mass is 9.98. The van der Waals surface area contributed by atoms with E-state index < -0.39 is 0 Å². The first-order valence-corrected chi connectivity index (χ1v) is 11.6. The van der Waals surface area contributed by atoms with E-state index in [0.717, 1.165) is 29.3 Å². The molecule has 5 rings (SSSR count). The number of ether oxygens (including phenoxy) is 1. The molecule has 4 aromatic rings. The smallest absolute Gasteiger partial charge is 0.327 e. The Kier molecular flexibility index (Phi) is 6.19. The van der Waals surface area contributed by atoms with Crippen molar-refractivity contribution in [2.45, 2.75) is 12.8 Å². The molecule has 184 valence electrons. The highest BCUT2D eigenvalue weighted by Crippen LogP contribution is 2.30. The normalized spacial score (nSPS) is 15.6. The summed E-state index contributed by atoms with van der Waals surface area (Å²) in [5.74, 6) is 0.587. The number of benzene rings is 2. The number of rotatable bonds is 6. The first-order valence-electron chi connectivity index (χ1n) is 11.6. The van der Waals surface area contributed by atoms with Crippen molar-refractivity contribution in [3.8, 4) is 23.1 Å². The summed E-state index contributed by atoms with van der Waals surface area (Å²) in [6.45, 7) is 1.11. The zero-order chi connectivity index (χ0) is 25.2. The van der Waals surface area contributed by atoms with Gasteiger partial charge >= 0.3 is 6.01 Å². The maximum atomic E-state index is 12.2. The maximum Gasteiger partial charge on any atom is 0.327 e. The molecule has 11 nitrogen and oxygen atoms in total. The molecule has 1 saturated heterocycles. The lowest BCUT2D eigenvalue weighted by molar-refractivity contribution is -0.122. The first-order chi connectivity index (χ1) is 17.4. The van der Waals surface area contributed by atoms with Crippen LogP contribution in [0.2, 0.25) is 0 Å². The summed E-state index contributed by atoms with van der Waals surface area (Å²) in [6.07, 6.45) is 3.25. The summed E-state index contributed by atoms with van der Waals surface area (Å²) in [6, 6.07) is 12.6. The molecule has 1 aliphatic heterocycles. The number of hydrogen-bond donors (Lipinski definition) is 2. The van der Waals surface area contributed by atoms with Crippen LogP contribution in [0.15, 0.2) is 48.7 Å². The van der Waals surface area contributed by atoms with E-state index in [1.165, 1.54) is 4.90 Å². The van der Waals surface area contributed by atoms with Gasteiger partial charge in [0.05, 0.1) is 17.6 Å². The van der Waals surface area contributed by atoms with Gasteiger partial charge in [0.15, 0.2) is 5.82 Å². The fraction of sp³-hybridized carbons (Fsp3) is 0.280. The molecule has 3 N–H and O–H groups in total. The van der Waals surface area contributed by atoms with E-state index in [4.69, 9.17) is 15.5 Å². The number of nitrogens with zero attached hydrogens (tertiary/aromatic N) is 6. The number of H-pyrrole nitrogens is 1. The number of carbonyl (C=O) groups is 2. The van der Waals surface area contributed by atoms with Crippen molar-refractivity contribution in [1.29, 1.82) is 0 Å². The van der Waals surface area contributed by atoms with E-state index in [9.17, 15) is 9.59 Å². The van der Waals surface area contributed by atoms with Gasteiger partial charge in [-0.05, 0) is 43.2 Å². The molecule has 1 unspecified atom stereocenters. The molecule has 2 aromatic carbocycles. The van der Waals surface area contributed by atoms with E-state index >= 15 is 0 Å². The average Bonchev–Trinajstić information content (AvgIpc) is 3.38. The van der Waals surface area contributed by atoms with Crippen LogP contribution in [0.4, 0.5) is 5.95 Å². The number of aromatic amines is 1. The Labute approximate surface area is 207 Å². The molecule has 0 spiro atoms. The number of aromatic nitrogens is 5. The Morgan fingerprint density at radius 1 is 1.11 bits per heavy atom. The molecular weight excluding hydrogens is 460 g/mol. The SMILES string of the molecule is CN(C)C(=O)c1ccc(Oc2nc(-c3cccc4[nH]ncc34)nc(N3CCCC(C(N)=O)C3)n2)cc1. The molecule has 0 radical (unpaired) electrons. The third-order valence-corrected chi connectivity index (χ3v) is 6.15. The van der Waals surface area contributed by atoms with Gasteiger partial charge in [-0.1, -0.05) is 12.1 Å². The first kappa shape index (κ1) is 23.2. The zero-order valence-corrected chi connectivity index (χ0v) is 20.0. The van der Waals surface area contributed by atoms with Crippen LogP contribution in [0.1, 0.15) is 23.2 Å². The standard InChI is InChI=1S/C25H26N8O3/c1-32(2)23(35)15-8-10-17(11-9-15)36-25-29-22(18-6-3-7-20-19(18)13-27-31-20)28-24(30-25)33-12-4-5-16(14-33)21(26)34/h3,6-11,13,16H,4-5,12,14H2,1-2H3,(H2,26,34)(H,27,31). The summed E-state index contributed by atoms with van der Waals surface area (Å²) in [4.78, 5) is 41.4. The lowest BCUT2D eigenvalue weighted by Gasteiger charge is -2.31. The molecule has 2 amide bonds. The Balaban J connectivity index is 1.52. The molecule has 0 bridgehead atoms. The Morgan fingerprint density at radius 3 is 2.67 bits per heavy atom. The molecule has 2 aromatic heterocycles. The van der Waals surface area contributed by atoms with Crippen LogP contribution in [0.3, 0.4) is 0 Å². The van der Waals surface area contributed by atoms with Gasteiger partial charge in [0, 0.05) is 43.7 Å². The van der Waals surface area contributed by atoms with E-state index in [0.29, 0.717) is 36.2 Å². The van der Waals surface area contributed by atoms with Gasteiger partial charge in [0.2, 0.25) is 11.9 Å². The minimum Gasteiger partial charge on any atom is -0.424 e. The molecule has 0 saturated carbocycles. The van der Waals surface area contributed by atoms with E-state index in [-0.39, 0.29) is 23.7 Å². The van der Waals surface area contributed by atoms with Crippen molar-refractivity contribution >= 4 is 28.7 Å². The second kappa shape index (κ2) is 9.61. The molecule has 11 heteroatoms. The summed E-state index contributed by atoms with van der Waals surface area (Å²) in [5, 5.41) is 7.95. The van der Waals surface area contributed by atoms with Gasteiger partial charge in [-0.2, -0.15) is 20.1 Å². The van der Waals surface area contributed by atoms with Crippen LogP contribution in [0.5, 0.6) is 11.8 Å². The summed E-state index contributed by atoms with van der Waals surface area (Å²) >= 11 is 0. The quantitative estimate of drug-likeness (QED) is 0.423. The third-order valence-electron chi connectivity index (χ3n) is 6.15. The number of nitrogens with one attached hydrogen (secondary N) is 1. The number of fused-ring (bicyclic) bond motifs is 1. The van der Waals surface area contributed by atoms with Gasteiger partial charge in [-0.25, -0.2) is 0 Å². The number of primary amides is 1. The number of carbonyl (C=O) groups excluding carboxylic acids is 2. The van der Waals surface area contributed by atoms with Crippen LogP contribution < -0.4 is 15.4 Å². The average molecular weight is 487 g/mol. The fourth-order valence-corrected chi connectivity index (χ4v) is 4.24. The van der Waals surface area contributed by atoms with Crippen LogP contribution in [0.25, 0.3) is 22.3 Å². The fourth-order valence-electron chi connectivity index (χ4n) is 4.24. The van der Waals surface area contributed by atoms with Crippen molar-refractivity contribution in [3.63, 3.8) is 0 Å². The molecule has 1 atom stereocenters. The van der Waals surface area contributed by atoms with Gasteiger partial charge < -0.3 is 20.3 Å². The number of anilines is 1. The summed E-state index contributed by atoms with van der Waals surface area (Å²) in [5.41, 5.74) is 7.75. The van der Waals surface area contributed by atoms with Crippen molar-refractivity contribution in [1.82, 2.24) is 30.0 Å². The minimum absolute atomic E-state index is 0.100. The second-order valence-electron chi connectivity index (χ2n) is 8.89. The number of piperidine rings is 1. The molecule has 36 heavy (non-hydrogen) atoms. The minimum atomic E-state index is -0.332.